The van der Waals surface area contributed by atoms with Crippen molar-refractivity contribution in [1.29, 1.82) is 0 Å². The quantitative estimate of drug-likeness (QED) is 0.409. The van der Waals surface area contributed by atoms with E-state index in [0.29, 0.717) is 31.7 Å². The zero-order valence-corrected chi connectivity index (χ0v) is 19.2. The standard InChI is InChI=1S/C25H27FN2O4S/c1-19-8-13-23(33(30,31)28-22-11-9-21(26)10-12-22)18-24(19)25(29)27-15-5-16-32-17-14-20-6-3-2-4-7-20/h2-4,6-13,18,28H,5,14-17H2,1H3,(H,27,29). The van der Waals surface area contributed by atoms with Crippen LogP contribution in [0, 0.1) is 12.7 Å². The molecule has 0 heterocycles. The summed E-state index contributed by atoms with van der Waals surface area (Å²) in [4.78, 5) is 12.6. The summed E-state index contributed by atoms with van der Waals surface area (Å²) in [6, 6.07) is 19.4. The summed E-state index contributed by atoms with van der Waals surface area (Å²) in [5.74, 6) is -0.815. The molecule has 0 saturated carbocycles. The Kier molecular flexibility index (Phi) is 8.57. The van der Waals surface area contributed by atoms with Gasteiger partial charge in [-0.05, 0) is 67.3 Å². The van der Waals surface area contributed by atoms with Crippen LogP contribution in [0.4, 0.5) is 10.1 Å². The van der Waals surface area contributed by atoms with Gasteiger partial charge in [-0.2, -0.15) is 0 Å². The number of hydrogen-bond donors (Lipinski definition) is 2. The number of rotatable bonds is 11. The minimum absolute atomic E-state index is 0.0492. The number of anilines is 1. The van der Waals surface area contributed by atoms with Gasteiger partial charge < -0.3 is 10.1 Å². The lowest BCUT2D eigenvalue weighted by Crippen LogP contribution is -2.26. The molecule has 1 amide bonds. The molecule has 0 fully saturated rings. The highest BCUT2D eigenvalue weighted by atomic mass is 32.2. The Morgan fingerprint density at radius 3 is 2.42 bits per heavy atom. The summed E-state index contributed by atoms with van der Waals surface area (Å²) < 4.78 is 46.4. The van der Waals surface area contributed by atoms with Gasteiger partial charge in [0.15, 0.2) is 0 Å². The predicted molar refractivity (Wildman–Crippen MR) is 126 cm³/mol. The van der Waals surface area contributed by atoms with E-state index in [1.165, 1.54) is 29.8 Å². The molecule has 2 N–H and O–H groups in total. The van der Waals surface area contributed by atoms with E-state index < -0.39 is 15.8 Å². The smallest absolute Gasteiger partial charge is 0.261 e. The van der Waals surface area contributed by atoms with Crippen LogP contribution in [0.25, 0.3) is 0 Å². The van der Waals surface area contributed by atoms with Crippen LogP contribution in [0.3, 0.4) is 0 Å². The van der Waals surface area contributed by atoms with Crippen molar-refractivity contribution in [3.63, 3.8) is 0 Å². The van der Waals surface area contributed by atoms with Crippen molar-refractivity contribution >= 4 is 21.6 Å². The lowest BCUT2D eigenvalue weighted by atomic mass is 10.1. The zero-order chi connectivity index (χ0) is 23.7. The summed E-state index contributed by atoms with van der Waals surface area (Å²) in [5, 5.41) is 2.81. The highest BCUT2D eigenvalue weighted by Crippen LogP contribution is 2.19. The third-order valence-corrected chi connectivity index (χ3v) is 6.37. The molecule has 8 heteroatoms. The first-order chi connectivity index (χ1) is 15.8. The fourth-order valence-electron chi connectivity index (χ4n) is 3.15. The molecular formula is C25H27FN2O4S. The van der Waals surface area contributed by atoms with Crippen molar-refractivity contribution in [3.05, 3.63) is 95.3 Å². The van der Waals surface area contributed by atoms with Crippen molar-refractivity contribution in [1.82, 2.24) is 5.32 Å². The average Bonchev–Trinajstić information content (AvgIpc) is 2.80. The molecule has 0 radical (unpaired) electrons. The SMILES string of the molecule is Cc1ccc(S(=O)(=O)Nc2ccc(F)cc2)cc1C(=O)NCCCOCCc1ccccc1. The zero-order valence-electron chi connectivity index (χ0n) is 18.4. The molecule has 0 aromatic heterocycles. The van der Waals surface area contributed by atoms with Crippen LogP contribution in [-0.4, -0.2) is 34.1 Å². The molecule has 0 saturated heterocycles. The van der Waals surface area contributed by atoms with Gasteiger partial charge in [0.25, 0.3) is 15.9 Å². The normalized spacial score (nSPS) is 11.2. The number of nitrogens with one attached hydrogen (secondary N) is 2. The van der Waals surface area contributed by atoms with Gasteiger partial charge in [0.05, 0.1) is 11.5 Å². The molecule has 0 atom stereocenters. The van der Waals surface area contributed by atoms with Crippen LogP contribution in [0.1, 0.15) is 27.9 Å². The van der Waals surface area contributed by atoms with Crippen LogP contribution in [0.5, 0.6) is 0 Å². The first-order valence-corrected chi connectivity index (χ1v) is 12.1. The first-order valence-electron chi connectivity index (χ1n) is 10.6. The second-order valence-corrected chi connectivity index (χ2v) is 9.23. The minimum Gasteiger partial charge on any atom is -0.381 e. The number of carbonyl (C=O) groups excluding carboxylic acids is 1. The molecule has 3 aromatic rings. The Balaban J connectivity index is 1.49. The van der Waals surface area contributed by atoms with Gasteiger partial charge in [-0.1, -0.05) is 36.4 Å². The number of aryl methyl sites for hydroxylation is 1. The van der Waals surface area contributed by atoms with Crippen molar-refractivity contribution in [3.8, 4) is 0 Å². The van der Waals surface area contributed by atoms with Gasteiger partial charge in [0.1, 0.15) is 5.82 Å². The van der Waals surface area contributed by atoms with Crippen LogP contribution in [0.15, 0.2) is 77.7 Å². The number of benzene rings is 3. The summed E-state index contributed by atoms with van der Waals surface area (Å²) in [7, 11) is -3.93. The number of amides is 1. The largest absolute Gasteiger partial charge is 0.381 e. The fourth-order valence-corrected chi connectivity index (χ4v) is 4.24. The molecule has 3 rings (SSSR count). The molecule has 6 nitrogen and oxygen atoms in total. The molecule has 0 unspecified atom stereocenters. The first kappa shape index (κ1) is 24.4. The maximum atomic E-state index is 13.1. The van der Waals surface area contributed by atoms with Crippen molar-refractivity contribution in [2.45, 2.75) is 24.7 Å². The van der Waals surface area contributed by atoms with Crippen LogP contribution >= 0.6 is 0 Å². The van der Waals surface area contributed by atoms with Crippen LogP contribution < -0.4 is 10.0 Å². The number of hydrogen-bond acceptors (Lipinski definition) is 4. The molecular weight excluding hydrogens is 443 g/mol. The van der Waals surface area contributed by atoms with Gasteiger partial charge in [-0.15, -0.1) is 0 Å². The van der Waals surface area contributed by atoms with E-state index in [2.05, 4.69) is 22.2 Å². The van der Waals surface area contributed by atoms with Crippen LogP contribution in [0.2, 0.25) is 0 Å². The van der Waals surface area contributed by atoms with E-state index in [0.717, 1.165) is 18.6 Å². The molecule has 3 aromatic carbocycles. The molecule has 0 aliphatic carbocycles. The highest BCUT2D eigenvalue weighted by Gasteiger charge is 2.18. The van der Waals surface area contributed by atoms with Crippen molar-refractivity contribution in [2.75, 3.05) is 24.5 Å². The lowest BCUT2D eigenvalue weighted by molar-refractivity contribution is 0.0941. The number of carbonyl (C=O) groups is 1. The molecule has 0 bridgehead atoms. The average molecular weight is 471 g/mol. The molecule has 33 heavy (non-hydrogen) atoms. The van der Waals surface area contributed by atoms with E-state index in [1.807, 2.05) is 18.2 Å². The topological polar surface area (TPSA) is 84.5 Å². The second-order valence-electron chi connectivity index (χ2n) is 7.55. The Hall–Kier alpha value is -3.23. The van der Waals surface area contributed by atoms with E-state index in [4.69, 9.17) is 4.74 Å². The highest BCUT2D eigenvalue weighted by molar-refractivity contribution is 7.92. The Morgan fingerprint density at radius 2 is 1.70 bits per heavy atom. The molecule has 174 valence electrons. The number of ether oxygens (including phenoxy) is 1. The van der Waals surface area contributed by atoms with Gasteiger partial charge in [0, 0.05) is 24.4 Å². The molecule has 0 aliphatic heterocycles. The van der Waals surface area contributed by atoms with Crippen molar-refractivity contribution < 1.29 is 22.3 Å². The van der Waals surface area contributed by atoms with Crippen LogP contribution in [-0.2, 0) is 21.2 Å². The number of sulfonamides is 1. The van der Waals surface area contributed by atoms with Gasteiger partial charge >= 0.3 is 0 Å². The summed E-state index contributed by atoms with van der Waals surface area (Å²) in [6.45, 7) is 3.28. The van der Waals surface area contributed by atoms with E-state index in [9.17, 15) is 17.6 Å². The molecule has 0 aliphatic rings. The Bertz CT molecular complexity index is 1170. The second kappa shape index (κ2) is 11.6. The lowest BCUT2D eigenvalue weighted by Gasteiger charge is -2.12. The Morgan fingerprint density at radius 1 is 0.970 bits per heavy atom. The van der Waals surface area contributed by atoms with Gasteiger partial charge in [-0.3, -0.25) is 9.52 Å². The predicted octanol–water partition coefficient (Wildman–Crippen LogP) is 4.31. The van der Waals surface area contributed by atoms with E-state index in [-0.39, 0.29) is 22.1 Å². The fraction of sp³-hybridized carbons (Fsp3) is 0.240. The van der Waals surface area contributed by atoms with E-state index >= 15 is 0 Å². The summed E-state index contributed by atoms with van der Waals surface area (Å²) in [5.41, 5.74) is 2.38. The third-order valence-electron chi connectivity index (χ3n) is 4.99. The maximum absolute atomic E-state index is 13.1. The summed E-state index contributed by atoms with van der Waals surface area (Å²) >= 11 is 0. The monoisotopic (exact) mass is 470 g/mol. The van der Waals surface area contributed by atoms with Gasteiger partial charge in [-0.25, -0.2) is 12.8 Å². The molecule has 0 spiro atoms. The maximum Gasteiger partial charge on any atom is 0.261 e. The third kappa shape index (κ3) is 7.40. The summed E-state index contributed by atoms with van der Waals surface area (Å²) in [6.07, 6.45) is 1.48. The number of halogens is 1. The van der Waals surface area contributed by atoms with E-state index in [1.54, 1.807) is 13.0 Å². The minimum atomic E-state index is -3.93. The van der Waals surface area contributed by atoms with Crippen molar-refractivity contribution in [2.24, 2.45) is 0 Å². The van der Waals surface area contributed by atoms with Gasteiger partial charge in [0.2, 0.25) is 0 Å². The Labute approximate surface area is 193 Å².